The highest BCUT2D eigenvalue weighted by Gasteiger charge is 2.62. The van der Waals surface area contributed by atoms with Crippen molar-refractivity contribution < 1.29 is 9.53 Å². The van der Waals surface area contributed by atoms with Crippen LogP contribution in [0.15, 0.2) is 0 Å². The number of rotatable bonds is 0. The second-order valence-electron chi connectivity index (χ2n) is 10.4. The monoisotopic (exact) mass is 330 g/mol. The van der Waals surface area contributed by atoms with E-state index in [1.807, 2.05) is 0 Å². The summed E-state index contributed by atoms with van der Waals surface area (Å²) in [6.45, 7) is 6.13. The molecular weight excluding hydrogens is 296 g/mol. The lowest BCUT2D eigenvalue weighted by molar-refractivity contribution is -0.148. The van der Waals surface area contributed by atoms with E-state index in [1.54, 1.807) is 0 Å². The molecule has 5 aliphatic rings. The Bertz CT molecular complexity index is 542. The molecule has 0 aromatic rings. The number of Topliss-reactive ketones (excluding diaryl/α,β-unsaturated/α-hetero) is 1. The van der Waals surface area contributed by atoms with E-state index in [1.165, 1.54) is 51.4 Å². The number of carbonyl (C=O) groups is 1. The second kappa shape index (κ2) is 5.32. The van der Waals surface area contributed by atoms with Gasteiger partial charge in [-0.1, -0.05) is 13.8 Å². The van der Waals surface area contributed by atoms with Crippen LogP contribution in [0.4, 0.5) is 0 Å². The fourth-order valence-electron chi connectivity index (χ4n) is 8.33. The van der Waals surface area contributed by atoms with Crippen LogP contribution in [0.5, 0.6) is 0 Å². The molecule has 5 fully saturated rings. The summed E-state index contributed by atoms with van der Waals surface area (Å²) in [4.78, 5) is 12.0. The SMILES string of the molecule is C[C@]12CCC(=O)C[C@H]1CC[C@@H]1[C@@H]2CC[C@@]2(C)[C@H]1C[C@@H]1CCCO[C@@H]12. The van der Waals surface area contributed by atoms with Crippen LogP contribution >= 0.6 is 0 Å². The number of ketones is 1. The number of hydrogen-bond acceptors (Lipinski definition) is 2. The molecule has 0 spiro atoms. The molecule has 5 rings (SSSR count). The molecule has 4 aliphatic carbocycles. The molecule has 0 aromatic carbocycles. The molecule has 2 nitrogen and oxygen atoms in total. The molecule has 24 heavy (non-hydrogen) atoms. The van der Waals surface area contributed by atoms with Crippen molar-refractivity contribution in [2.45, 2.75) is 84.2 Å². The number of carbonyl (C=O) groups excluding carboxylic acids is 1. The van der Waals surface area contributed by atoms with Crippen molar-refractivity contribution >= 4 is 5.78 Å². The first kappa shape index (κ1) is 15.9. The molecule has 0 bridgehead atoms. The Balaban J connectivity index is 1.45. The maximum atomic E-state index is 12.0. The van der Waals surface area contributed by atoms with Gasteiger partial charge >= 0.3 is 0 Å². The summed E-state index contributed by atoms with van der Waals surface area (Å²) in [6.07, 6.45) is 13.0. The van der Waals surface area contributed by atoms with E-state index in [0.29, 0.717) is 28.6 Å². The zero-order valence-electron chi connectivity index (χ0n) is 15.6. The Kier molecular flexibility index (Phi) is 3.51. The standard InChI is InChI=1S/C22H34O2/c1-21-9-7-16(23)13-15(21)5-6-17-18(21)8-10-22(2)19(17)12-14-4-3-11-24-20(14)22/h14-15,17-20H,3-13H2,1-2H3/t14-,15+,17+,18-,19-,20-,21-,22-/m0/s1. The normalized spacial score (nSPS) is 56.8. The Hall–Kier alpha value is -0.370. The topological polar surface area (TPSA) is 26.3 Å². The van der Waals surface area contributed by atoms with Gasteiger partial charge in [0, 0.05) is 19.4 Å². The van der Waals surface area contributed by atoms with Crippen LogP contribution < -0.4 is 0 Å². The van der Waals surface area contributed by atoms with Gasteiger partial charge < -0.3 is 4.74 Å². The highest BCUT2D eigenvalue weighted by Crippen LogP contribution is 2.67. The predicted molar refractivity (Wildman–Crippen MR) is 94.6 cm³/mol. The maximum Gasteiger partial charge on any atom is 0.133 e. The zero-order chi connectivity index (χ0) is 16.5. The molecular formula is C22H34O2. The lowest BCUT2D eigenvalue weighted by Gasteiger charge is -2.60. The molecule has 1 aliphatic heterocycles. The zero-order valence-corrected chi connectivity index (χ0v) is 15.6. The summed E-state index contributed by atoms with van der Waals surface area (Å²) in [5.74, 6) is 4.74. The molecule has 0 radical (unpaired) electrons. The van der Waals surface area contributed by atoms with Crippen LogP contribution in [0.25, 0.3) is 0 Å². The summed E-state index contributed by atoms with van der Waals surface area (Å²) in [6, 6.07) is 0. The summed E-state index contributed by atoms with van der Waals surface area (Å²) >= 11 is 0. The molecule has 8 atom stereocenters. The smallest absolute Gasteiger partial charge is 0.133 e. The van der Waals surface area contributed by atoms with Crippen LogP contribution in [0.3, 0.4) is 0 Å². The van der Waals surface area contributed by atoms with Crippen LogP contribution in [0.2, 0.25) is 0 Å². The molecule has 0 aromatic heterocycles. The Morgan fingerprint density at radius 2 is 1.88 bits per heavy atom. The lowest BCUT2D eigenvalue weighted by Crippen LogP contribution is -2.54. The van der Waals surface area contributed by atoms with E-state index in [-0.39, 0.29) is 0 Å². The van der Waals surface area contributed by atoms with Crippen LogP contribution in [-0.2, 0) is 9.53 Å². The van der Waals surface area contributed by atoms with Gasteiger partial charge in [-0.2, -0.15) is 0 Å². The summed E-state index contributed by atoms with van der Waals surface area (Å²) in [5, 5.41) is 0. The highest BCUT2D eigenvalue weighted by atomic mass is 16.5. The third-order valence-corrected chi connectivity index (χ3v) is 9.57. The molecule has 1 saturated heterocycles. The maximum absolute atomic E-state index is 12.0. The fraction of sp³-hybridized carbons (Fsp3) is 0.955. The van der Waals surface area contributed by atoms with E-state index in [2.05, 4.69) is 13.8 Å². The number of ether oxygens (including phenoxy) is 1. The molecule has 4 saturated carbocycles. The average molecular weight is 331 g/mol. The summed E-state index contributed by atoms with van der Waals surface area (Å²) in [7, 11) is 0. The van der Waals surface area contributed by atoms with Gasteiger partial charge in [0.05, 0.1) is 6.10 Å². The van der Waals surface area contributed by atoms with E-state index in [9.17, 15) is 4.79 Å². The van der Waals surface area contributed by atoms with Gasteiger partial charge in [0.2, 0.25) is 0 Å². The lowest BCUT2D eigenvalue weighted by atomic mass is 9.45. The third-order valence-electron chi connectivity index (χ3n) is 9.57. The second-order valence-corrected chi connectivity index (χ2v) is 10.4. The van der Waals surface area contributed by atoms with Gasteiger partial charge in [-0.15, -0.1) is 0 Å². The number of hydrogen-bond donors (Lipinski definition) is 0. The molecule has 134 valence electrons. The quantitative estimate of drug-likeness (QED) is 0.624. The first-order valence-corrected chi connectivity index (χ1v) is 10.7. The Morgan fingerprint density at radius 1 is 1.00 bits per heavy atom. The van der Waals surface area contributed by atoms with Crippen LogP contribution in [-0.4, -0.2) is 18.5 Å². The first-order valence-electron chi connectivity index (χ1n) is 10.7. The highest BCUT2D eigenvalue weighted by molar-refractivity contribution is 5.79. The minimum atomic E-state index is 0.444. The minimum absolute atomic E-state index is 0.444. The van der Waals surface area contributed by atoms with Crippen molar-refractivity contribution in [2.75, 3.05) is 6.61 Å². The average Bonchev–Trinajstić information content (AvgIpc) is 2.89. The van der Waals surface area contributed by atoms with Gasteiger partial charge in [-0.3, -0.25) is 4.79 Å². The predicted octanol–water partition coefficient (Wildman–Crippen LogP) is 5.00. The molecule has 0 N–H and O–H groups in total. The summed E-state index contributed by atoms with van der Waals surface area (Å²) < 4.78 is 6.36. The largest absolute Gasteiger partial charge is 0.377 e. The van der Waals surface area contributed by atoms with E-state index >= 15 is 0 Å². The van der Waals surface area contributed by atoms with Crippen LogP contribution in [0.1, 0.15) is 78.1 Å². The van der Waals surface area contributed by atoms with E-state index in [4.69, 9.17) is 4.74 Å². The fourth-order valence-corrected chi connectivity index (χ4v) is 8.33. The van der Waals surface area contributed by atoms with Crippen molar-refractivity contribution in [3.8, 4) is 0 Å². The van der Waals surface area contributed by atoms with Crippen molar-refractivity contribution in [1.82, 2.24) is 0 Å². The molecule has 1 heterocycles. The van der Waals surface area contributed by atoms with Crippen molar-refractivity contribution in [3.05, 3.63) is 0 Å². The van der Waals surface area contributed by atoms with Gasteiger partial charge in [-0.25, -0.2) is 0 Å². The minimum Gasteiger partial charge on any atom is -0.377 e. The Morgan fingerprint density at radius 3 is 2.75 bits per heavy atom. The van der Waals surface area contributed by atoms with Gasteiger partial charge in [0.1, 0.15) is 5.78 Å². The van der Waals surface area contributed by atoms with E-state index < -0.39 is 0 Å². The number of fused-ring (bicyclic) bond motifs is 7. The molecule has 0 unspecified atom stereocenters. The van der Waals surface area contributed by atoms with Gasteiger partial charge in [0.25, 0.3) is 0 Å². The van der Waals surface area contributed by atoms with Crippen LogP contribution in [0, 0.1) is 40.4 Å². The van der Waals surface area contributed by atoms with Gasteiger partial charge in [0.15, 0.2) is 0 Å². The first-order chi connectivity index (χ1) is 11.5. The molecule has 2 heteroatoms. The third kappa shape index (κ3) is 2.01. The Labute approximate surface area is 147 Å². The molecule has 0 amide bonds. The van der Waals surface area contributed by atoms with Gasteiger partial charge in [-0.05, 0) is 91.8 Å². The van der Waals surface area contributed by atoms with Crippen molar-refractivity contribution in [1.29, 1.82) is 0 Å². The van der Waals surface area contributed by atoms with E-state index in [0.717, 1.165) is 43.1 Å². The van der Waals surface area contributed by atoms with Crippen molar-refractivity contribution in [2.24, 2.45) is 40.4 Å². The van der Waals surface area contributed by atoms with Crippen molar-refractivity contribution in [3.63, 3.8) is 0 Å². The summed E-state index contributed by atoms with van der Waals surface area (Å²) in [5.41, 5.74) is 0.896.